The van der Waals surface area contributed by atoms with Crippen molar-refractivity contribution in [2.75, 3.05) is 0 Å². The van der Waals surface area contributed by atoms with Gasteiger partial charge in [0, 0.05) is 0 Å². The first-order chi connectivity index (χ1) is 5.86. The molecule has 12 heavy (non-hydrogen) atoms. The maximum Gasteiger partial charge on any atom is 0.352 e. The van der Waals surface area contributed by atoms with Gasteiger partial charge in [0.05, 0.1) is 0 Å². The van der Waals surface area contributed by atoms with Crippen molar-refractivity contribution in [1.82, 2.24) is 35.2 Å². The van der Waals surface area contributed by atoms with Crippen LogP contribution in [0.3, 0.4) is 0 Å². The number of aromatic hydroxyl groups is 1. The first kappa shape index (κ1) is 6.58. The van der Waals surface area contributed by atoms with E-state index < -0.39 is 6.01 Å². The van der Waals surface area contributed by atoms with Crippen LogP contribution in [0, 0.1) is 0 Å². The molecule has 8 nitrogen and oxygen atoms in total. The van der Waals surface area contributed by atoms with Crippen LogP contribution in [0.25, 0.3) is 5.95 Å². The van der Waals surface area contributed by atoms with Crippen LogP contribution in [-0.4, -0.2) is 40.3 Å². The molecular formula is C4H3N7O. The van der Waals surface area contributed by atoms with Crippen molar-refractivity contribution in [3.05, 3.63) is 12.7 Å². The maximum atomic E-state index is 8.66. The molecule has 0 saturated heterocycles. The summed E-state index contributed by atoms with van der Waals surface area (Å²) >= 11 is 0. The highest BCUT2D eigenvalue weighted by molar-refractivity contribution is 5.00. The van der Waals surface area contributed by atoms with Crippen LogP contribution in [0.2, 0.25) is 0 Å². The molecule has 0 fully saturated rings. The molecule has 2 heterocycles. The van der Waals surface area contributed by atoms with Gasteiger partial charge in [-0.2, -0.15) is 9.78 Å². The lowest BCUT2D eigenvalue weighted by Crippen LogP contribution is -2.04. The molecule has 0 aliphatic rings. The van der Waals surface area contributed by atoms with Crippen LogP contribution in [0.4, 0.5) is 0 Å². The van der Waals surface area contributed by atoms with Crippen LogP contribution < -0.4 is 0 Å². The molecule has 8 heteroatoms. The largest absolute Gasteiger partial charge is 0.477 e. The fourth-order valence-corrected chi connectivity index (χ4v) is 0.622. The SMILES string of the molecule is Oc1nnc(-n2cncn2)nn1. The Balaban J connectivity index is 2.43. The van der Waals surface area contributed by atoms with Crippen molar-refractivity contribution in [2.45, 2.75) is 0 Å². The van der Waals surface area contributed by atoms with Crippen LogP contribution in [0.15, 0.2) is 12.7 Å². The van der Waals surface area contributed by atoms with E-state index in [4.69, 9.17) is 5.11 Å². The summed E-state index contributed by atoms with van der Waals surface area (Å²) in [5.41, 5.74) is 0. The van der Waals surface area contributed by atoms with Crippen LogP contribution in [-0.2, 0) is 0 Å². The number of aromatic nitrogens is 7. The zero-order chi connectivity index (χ0) is 8.39. The van der Waals surface area contributed by atoms with E-state index in [9.17, 15) is 0 Å². The van der Waals surface area contributed by atoms with Gasteiger partial charge in [-0.25, -0.2) is 4.98 Å². The number of nitrogens with zero attached hydrogens (tertiary/aromatic N) is 7. The summed E-state index contributed by atoms with van der Waals surface area (Å²) in [7, 11) is 0. The predicted octanol–water partition coefficient (Wildman–Crippen LogP) is -1.45. The van der Waals surface area contributed by atoms with E-state index in [0.717, 1.165) is 0 Å². The fraction of sp³-hybridized carbons (Fsp3) is 0. The average Bonchev–Trinajstić information content (AvgIpc) is 2.58. The standard InChI is InChI=1S/C4H3N7O/c12-4-9-7-3(8-10-4)11-2-5-1-6-11/h1-2H,(H,9,10,12). The highest BCUT2D eigenvalue weighted by Crippen LogP contribution is 1.94. The van der Waals surface area contributed by atoms with Gasteiger partial charge >= 0.3 is 6.01 Å². The van der Waals surface area contributed by atoms with Crippen molar-refractivity contribution < 1.29 is 5.11 Å². The Morgan fingerprint density at radius 1 is 1.17 bits per heavy atom. The third-order valence-electron chi connectivity index (χ3n) is 1.08. The quantitative estimate of drug-likeness (QED) is 0.551. The van der Waals surface area contributed by atoms with Gasteiger partial charge in [-0.1, -0.05) is 10.2 Å². The van der Waals surface area contributed by atoms with Crippen LogP contribution >= 0.6 is 0 Å². The molecule has 2 aromatic heterocycles. The van der Waals surface area contributed by atoms with Crippen molar-refractivity contribution in [3.8, 4) is 12.0 Å². The monoisotopic (exact) mass is 165 g/mol. The van der Waals surface area contributed by atoms with Crippen LogP contribution in [0.5, 0.6) is 6.01 Å². The number of hydrogen-bond acceptors (Lipinski definition) is 7. The molecule has 2 rings (SSSR count). The lowest BCUT2D eigenvalue weighted by atomic mass is 11.0. The Labute approximate surface area is 65.9 Å². The van der Waals surface area contributed by atoms with Crippen molar-refractivity contribution in [2.24, 2.45) is 0 Å². The zero-order valence-electron chi connectivity index (χ0n) is 5.73. The molecule has 0 radical (unpaired) electrons. The summed E-state index contributed by atoms with van der Waals surface area (Å²) < 4.78 is 1.28. The Bertz CT molecular complexity index is 353. The third-order valence-corrected chi connectivity index (χ3v) is 1.08. The van der Waals surface area contributed by atoms with E-state index >= 15 is 0 Å². The maximum absolute atomic E-state index is 8.66. The summed E-state index contributed by atoms with van der Waals surface area (Å²) in [5.74, 6) is 0.158. The zero-order valence-corrected chi connectivity index (χ0v) is 5.73. The predicted molar refractivity (Wildman–Crippen MR) is 34.2 cm³/mol. The molecular weight excluding hydrogens is 162 g/mol. The lowest BCUT2D eigenvalue weighted by Gasteiger charge is -1.93. The molecule has 60 valence electrons. The Hall–Kier alpha value is -2.12. The molecule has 0 aliphatic carbocycles. The van der Waals surface area contributed by atoms with E-state index in [1.165, 1.54) is 17.3 Å². The molecule has 0 aromatic carbocycles. The van der Waals surface area contributed by atoms with E-state index in [0.29, 0.717) is 0 Å². The summed E-state index contributed by atoms with van der Waals surface area (Å²) in [6.45, 7) is 0. The minimum absolute atomic E-state index is 0.158. The van der Waals surface area contributed by atoms with Gasteiger partial charge in [-0.3, -0.25) is 0 Å². The van der Waals surface area contributed by atoms with Crippen molar-refractivity contribution in [1.29, 1.82) is 0 Å². The van der Waals surface area contributed by atoms with E-state index in [2.05, 4.69) is 30.5 Å². The molecule has 2 aromatic rings. The van der Waals surface area contributed by atoms with E-state index in [-0.39, 0.29) is 5.95 Å². The third kappa shape index (κ3) is 1.05. The Morgan fingerprint density at radius 3 is 2.50 bits per heavy atom. The topological polar surface area (TPSA) is 102 Å². The van der Waals surface area contributed by atoms with Gasteiger partial charge in [0.15, 0.2) is 0 Å². The van der Waals surface area contributed by atoms with Crippen molar-refractivity contribution >= 4 is 0 Å². The van der Waals surface area contributed by atoms with Gasteiger partial charge in [0.2, 0.25) is 0 Å². The molecule has 0 aliphatic heterocycles. The first-order valence-electron chi connectivity index (χ1n) is 2.97. The minimum atomic E-state index is -0.473. The molecule has 0 bridgehead atoms. The Morgan fingerprint density at radius 2 is 1.92 bits per heavy atom. The normalized spacial score (nSPS) is 10.0. The first-order valence-corrected chi connectivity index (χ1v) is 2.97. The van der Waals surface area contributed by atoms with Crippen LogP contribution in [0.1, 0.15) is 0 Å². The highest BCUT2D eigenvalue weighted by atomic mass is 16.3. The molecule has 0 atom stereocenters. The second kappa shape index (κ2) is 2.49. The summed E-state index contributed by atoms with van der Waals surface area (Å²) in [6, 6.07) is -0.473. The van der Waals surface area contributed by atoms with E-state index in [1.807, 2.05) is 0 Å². The Kier molecular flexibility index (Phi) is 1.37. The molecule has 1 N–H and O–H groups in total. The minimum Gasteiger partial charge on any atom is -0.477 e. The fourth-order valence-electron chi connectivity index (χ4n) is 0.622. The highest BCUT2D eigenvalue weighted by Gasteiger charge is 2.01. The van der Waals surface area contributed by atoms with Gasteiger partial charge in [0.1, 0.15) is 12.7 Å². The molecule has 0 unspecified atom stereocenters. The molecule has 0 spiro atoms. The van der Waals surface area contributed by atoms with Gasteiger partial charge < -0.3 is 5.11 Å². The summed E-state index contributed by atoms with van der Waals surface area (Å²) in [4.78, 5) is 3.67. The van der Waals surface area contributed by atoms with Gasteiger partial charge in [0.25, 0.3) is 5.95 Å². The smallest absolute Gasteiger partial charge is 0.352 e. The average molecular weight is 165 g/mol. The summed E-state index contributed by atoms with van der Waals surface area (Å²) in [6.07, 6.45) is 2.73. The van der Waals surface area contributed by atoms with Gasteiger partial charge in [-0.05, 0) is 0 Å². The number of hydrogen-bond donors (Lipinski definition) is 1. The summed E-state index contributed by atoms with van der Waals surface area (Å²) in [5, 5.41) is 26.0. The number of rotatable bonds is 1. The second-order valence-electron chi connectivity index (χ2n) is 1.84. The van der Waals surface area contributed by atoms with E-state index in [1.54, 1.807) is 0 Å². The van der Waals surface area contributed by atoms with Gasteiger partial charge in [-0.15, -0.1) is 10.2 Å². The second-order valence-corrected chi connectivity index (χ2v) is 1.84. The lowest BCUT2D eigenvalue weighted by molar-refractivity contribution is 0.408. The van der Waals surface area contributed by atoms with Crippen molar-refractivity contribution in [3.63, 3.8) is 0 Å². The molecule has 0 amide bonds. The molecule has 0 saturated carbocycles.